The molecule has 25 heavy (non-hydrogen) atoms. The number of hydrogen-bond acceptors (Lipinski definition) is 4. The van der Waals surface area contributed by atoms with Gasteiger partial charge in [-0.2, -0.15) is 11.8 Å². The van der Waals surface area contributed by atoms with Crippen LogP contribution >= 0.6 is 11.8 Å². The molecular weight excluding hydrogens is 330 g/mol. The van der Waals surface area contributed by atoms with Crippen molar-refractivity contribution in [2.75, 3.05) is 12.0 Å². The smallest absolute Gasteiger partial charge is 0.341 e. The first-order valence-corrected chi connectivity index (χ1v) is 9.64. The van der Waals surface area contributed by atoms with Gasteiger partial charge in [-0.05, 0) is 36.1 Å². The van der Waals surface area contributed by atoms with Gasteiger partial charge in [-0.1, -0.05) is 54.6 Å². The van der Waals surface area contributed by atoms with E-state index in [1.165, 1.54) is 0 Å². The molecule has 0 unspecified atom stereocenters. The Kier molecular flexibility index (Phi) is 5.39. The molecule has 0 bridgehead atoms. The van der Waals surface area contributed by atoms with Gasteiger partial charge >= 0.3 is 5.97 Å². The summed E-state index contributed by atoms with van der Waals surface area (Å²) in [6, 6.07) is 19.5. The third-order valence-electron chi connectivity index (χ3n) is 4.46. The Morgan fingerprint density at radius 3 is 2.40 bits per heavy atom. The van der Waals surface area contributed by atoms with Crippen LogP contribution in [0.5, 0.6) is 0 Å². The summed E-state index contributed by atoms with van der Waals surface area (Å²) in [6.45, 7) is 3.98. The van der Waals surface area contributed by atoms with Crippen LogP contribution in [-0.4, -0.2) is 29.4 Å². The van der Waals surface area contributed by atoms with Gasteiger partial charge in [-0.25, -0.2) is 9.79 Å². The van der Waals surface area contributed by atoms with E-state index in [0.717, 1.165) is 16.9 Å². The van der Waals surface area contributed by atoms with Gasteiger partial charge in [0.15, 0.2) is 5.54 Å². The second-order valence-corrected chi connectivity index (χ2v) is 6.95. The van der Waals surface area contributed by atoms with Gasteiger partial charge in [0.1, 0.15) is 0 Å². The molecule has 0 saturated heterocycles. The Morgan fingerprint density at radius 1 is 1.16 bits per heavy atom. The van der Waals surface area contributed by atoms with Crippen LogP contribution in [0.1, 0.15) is 23.5 Å². The number of carbonyl (C=O) groups excluding carboxylic acids is 1. The number of benzene rings is 2. The minimum Gasteiger partial charge on any atom is -0.405 e. The Bertz CT molecular complexity index is 773. The second kappa shape index (κ2) is 7.70. The van der Waals surface area contributed by atoms with Gasteiger partial charge in [0, 0.05) is 11.5 Å². The zero-order valence-electron chi connectivity index (χ0n) is 14.2. The molecule has 3 rings (SSSR count). The van der Waals surface area contributed by atoms with Gasteiger partial charge < -0.3 is 4.74 Å². The number of rotatable bonds is 7. The molecule has 0 amide bonds. The minimum atomic E-state index is -0.961. The average Bonchev–Trinajstić information content (AvgIpc) is 3.00. The molecule has 0 aliphatic carbocycles. The summed E-state index contributed by atoms with van der Waals surface area (Å²) in [7, 11) is 0. The lowest BCUT2D eigenvalue weighted by atomic mass is 9.78. The van der Waals surface area contributed by atoms with Crippen LogP contribution in [0.15, 0.2) is 78.3 Å². The molecule has 0 aromatic heterocycles. The molecule has 0 N–H and O–H groups in total. The van der Waals surface area contributed by atoms with E-state index < -0.39 is 5.54 Å². The van der Waals surface area contributed by atoms with E-state index in [-0.39, 0.29) is 11.9 Å². The van der Waals surface area contributed by atoms with Crippen molar-refractivity contribution < 1.29 is 9.53 Å². The molecule has 4 heteroatoms. The summed E-state index contributed by atoms with van der Waals surface area (Å²) in [4.78, 5) is 17.8. The van der Waals surface area contributed by atoms with Crippen LogP contribution in [0.3, 0.4) is 0 Å². The Morgan fingerprint density at radius 2 is 1.80 bits per heavy atom. The van der Waals surface area contributed by atoms with Crippen molar-refractivity contribution in [1.29, 1.82) is 0 Å². The fraction of sp³-hybridized carbons (Fsp3) is 0.238. The summed E-state index contributed by atoms with van der Waals surface area (Å²) in [6.07, 6.45) is 4.45. The van der Waals surface area contributed by atoms with Crippen LogP contribution in [-0.2, 0) is 9.53 Å². The standard InChI is InChI=1S/C21H21NO2S/c1-3-18(16-10-6-4-7-11-16)21(14-15-25-2)20(23)24-19(22-21)17-12-8-5-9-13-17/h3-13,18H,1,14-15H2,2H3/t18-,21+/m1/s1. The lowest BCUT2D eigenvalue weighted by Crippen LogP contribution is -2.40. The number of esters is 1. The highest BCUT2D eigenvalue weighted by Gasteiger charge is 2.51. The maximum Gasteiger partial charge on any atom is 0.341 e. The first kappa shape index (κ1) is 17.5. The fourth-order valence-corrected chi connectivity index (χ4v) is 3.68. The van der Waals surface area contributed by atoms with Crippen LogP contribution in [0, 0.1) is 0 Å². The van der Waals surface area contributed by atoms with Crippen molar-refractivity contribution in [2.45, 2.75) is 17.9 Å². The van der Waals surface area contributed by atoms with Crippen molar-refractivity contribution in [3.8, 4) is 0 Å². The van der Waals surface area contributed by atoms with Gasteiger partial charge in [0.2, 0.25) is 5.90 Å². The van der Waals surface area contributed by atoms with Crippen LogP contribution < -0.4 is 0 Å². The molecule has 128 valence electrons. The molecule has 0 fully saturated rings. The first-order chi connectivity index (χ1) is 12.2. The molecule has 1 heterocycles. The number of nitrogens with zero attached hydrogens (tertiary/aromatic N) is 1. The number of aliphatic imine (C=N–C) groups is 1. The molecule has 3 nitrogen and oxygen atoms in total. The predicted molar refractivity (Wildman–Crippen MR) is 104 cm³/mol. The van der Waals surface area contributed by atoms with E-state index >= 15 is 0 Å². The topological polar surface area (TPSA) is 38.7 Å². The summed E-state index contributed by atoms with van der Waals surface area (Å²) in [5.74, 6) is 0.691. The van der Waals surface area contributed by atoms with Crippen LogP contribution in [0.4, 0.5) is 0 Å². The summed E-state index contributed by atoms with van der Waals surface area (Å²) >= 11 is 1.70. The van der Waals surface area contributed by atoms with Crippen LogP contribution in [0.2, 0.25) is 0 Å². The Labute approximate surface area is 152 Å². The molecule has 0 radical (unpaired) electrons. The molecule has 2 atom stereocenters. The molecule has 0 saturated carbocycles. The fourth-order valence-electron chi connectivity index (χ4n) is 3.16. The number of cyclic esters (lactones) is 1. The van der Waals surface area contributed by atoms with Gasteiger partial charge in [0.25, 0.3) is 0 Å². The van der Waals surface area contributed by atoms with E-state index in [1.54, 1.807) is 11.8 Å². The highest BCUT2D eigenvalue weighted by molar-refractivity contribution is 7.98. The van der Waals surface area contributed by atoms with E-state index in [1.807, 2.05) is 73.0 Å². The van der Waals surface area contributed by atoms with E-state index in [0.29, 0.717) is 12.3 Å². The normalized spacial score (nSPS) is 20.7. The second-order valence-electron chi connectivity index (χ2n) is 5.96. The van der Waals surface area contributed by atoms with Crippen molar-refractivity contribution in [2.24, 2.45) is 4.99 Å². The average molecular weight is 351 g/mol. The summed E-state index contributed by atoms with van der Waals surface area (Å²) < 4.78 is 5.62. The van der Waals surface area contributed by atoms with Crippen molar-refractivity contribution >= 4 is 23.6 Å². The molecular formula is C21H21NO2S. The number of thioether (sulfide) groups is 1. The maximum atomic E-state index is 13.0. The van der Waals surface area contributed by atoms with Crippen molar-refractivity contribution in [1.82, 2.24) is 0 Å². The zero-order valence-corrected chi connectivity index (χ0v) is 15.0. The maximum absolute atomic E-state index is 13.0. The minimum absolute atomic E-state index is 0.227. The Hall–Kier alpha value is -2.33. The lowest BCUT2D eigenvalue weighted by Gasteiger charge is -2.29. The highest BCUT2D eigenvalue weighted by Crippen LogP contribution is 2.41. The zero-order chi connectivity index (χ0) is 17.7. The molecule has 0 spiro atoms. The largest absolute Gasteiger partial charge is 0.405 e. The SMILES string of the molecule is C=C[C@H](c1ccccc1)[C@]1(CCSC)N=C(c2ccccc2)OC1=O. The first-order valence-electron chi connectivity index (χ1n) is 8.25. The number of ether oxygens (including phenoxy) is 1. The quantitative estimate of drug-likeness (QED) is 0.546. The van der Waals surface area contributed by atoms with Gasteiger partial charge in [0.05, 0.1) is 0 Å². The molecule has 2 aromatic rings. The van der Waals surface area contributed by atoms with E-state index in [4.69, 9.17) is 9.73 Å². The Balaban J connectivity index is 2.08. The third-order valence-corrected chi connectivity index (χ3v) is 5.07. The van der Waals surface area contributed by atoms with Gasteiger partial charge in [-0.3, -0.25) is 0 Å². The van der Waals surface area contributed by atoms with Crippen molar-refractivity contribution in [3.05, 3.63) is 84.4 Å². The molecule has 1 aliphatic heterocycles. The van der Waals surface area contributed by atoms with Crippen LogP contribution in [0.25, 0.3) is 0 Å². The summed E-state index contributed by atoms with van der Waals surface area (Å²) in [5, 5.41) is 0. The lowest BCUT2D eigenvalue weighted by molar-refractivity contribution is -0.139. The van der Waals surface area contributed by atoms with Crippen molar-refractivity contribution in [3.63, 3.8) is 0 Å². The molecule has 2 aromatic carbocycles. The highest BCUT2D eigenvalue weighted by atomic mass is 32.2. The van der Waals surface area contributed by atoms with Gasteiger partial charge in [-0.15, -0.1) is 6.58 Å². The number of carbonyl (C=O) groups is 1. The van der Waals surface area contributed by atoms with E-state index in [2.05, 4.69) is 6.58 Å². The molecule has 1 aliphatic rings. The van der Waals surface area contributed by atoms with E-state index in [9.17, 15) is 4.79 Å². The number of hydrogen-bond donors (Lipinski definition) is 0. The predicted octanol–water partition coefficient (Wildman–Crippen LogP) is 4.45. The third kappa shape index (κ3) is 3.40. The monoisotopic (exact) mass is 351 g/mol. The summed E-state index contributed by atoms with van der Waals surface area (Å²) in [5.41, 5.74) is 0.878.